The Morgan fingerprint density at radius 3 is 3.17 bits per heavy atom. The molecule has 5 nitrogen and oxygen atoms in total. The van der Waals surface area contributed by atoms with Gasteiger partial charge in [-0.2, -0.15) is 0 Å². The summed E-state index contributed by atoms with van der Waals surface area (Å²) in [7, 11) is 0. The highest BCUT2D eigenvalue weighted by Crippen LogP contribution is 2.26. The van der Waals surface area contributed by atoms with E-state index in [2.05, 4.69) is 10.6 Å². The minimum atomic E-state index is -2.06. The fourth-order valence-corrected chi connectivity index (χ4v) is 2.12. The molecule has 2 rings (SSSR count). The van der Waals surface area contributed by atoms with Gasteiger partial charge in [0.2, 0.25) is 5.91 Å². The van der Waals surface area contributed by atoms with Crippen LogP contribution in [-0.2, 0) is 17.6 Å². The van der Waals surface area contributed by atoms with E-state index in [0.29, 0.717) is 19.4 Å². The number of amides is 1. The molecule has 1 aromatic carbocycles. The summed E-state index contributed by atoms with van der Waals surface area (Å²) in [6.07, 6.45) is 0.811. The summed E-state index contributed by atoms with van der Waals surface area (Å²) in [5.41, 5.74) is 2.74. The largest absolute Gasteiger partial charge is 0.326 e. The second-order valence-electron chi connectivity index (χ2n) is 4.20. The van der Waals surface area contributed by atoms with Gasteiger partial charge in [-0.25, -0.2) is 0 Å². The third kappa shape index (κ3) is 2.67. The zero-order chi connectivity index (χ0) is 15.5. The Labute approximate surface area is 110 Å². The number of hydrogen-bond acceptors (Lipinski definition) is 3. The lowest BCUT2D eigenvalue weighted by Crippen LogP contribution is -2.20. The van der Waals surface area contributed by atoms with Gasteiger partial charge in [-0.05, 0) is 30.0 Å². The summed E-state index contributed by atoms with van der Waals surface area (Å²) in [6, 6.07) is 5.60. The van der Waals surface area contributed by atoms with Crippen LogP contribution in [0.1, 0.15) is 28.5 Å². The number of benzene rings is 1. The quantitative estimate of drug-likeness (QED) is 0.621. The molecule has 1 aliphatic heterocycles. The lowest BCUT2D eigenvalue weighted by molar-refractivity contribution is -0.115. The summed E-state index contributed by atoms with van der Waals surface area (Å²) < 4.78 is 21.4. The van der Waals surface area contributed by atoms with Crippen molar-refractivity contribution in [2.45, 2.75) is 26.1 Å². The maximum atomic E-state index is 11.4. The SMILES string of the molecule is [2H]C([2H])([2H])CCN(CCc1cccc2c1CC(=O)N2)N=O. The summed E-state index contributed by atoms with van der Waals surface area (Å²) in [4.78, 5) is 22.2. The highest BCUT2D eigenvalue weighted by molar-refractivity contribution is 5.99. The predicted molar refractivity (Wildman–Crippen MR) is 70.1 cm³/mol. The van der Waals surface area contributed by atoms with Crippen LogP contribution in [0.15, 0.2) is 23.5 Å². The number of nitroso groups, excluding NO2 is 1. The molecule has 1 aromatic rings. The number of nitrogens with zero attached hydrogens (tertiary/aromatic N) is 2. The van der Waals surface area contributed by atoms with Gasteiger partial charge < -0.3 is 5.32 Å². The maximum Gasteiger partial charge on any atom is 0.228 e. The van der Waals surface area contributed by atoms with Crippen LogP contribution in [0, 0.1) is 4.91 Å². The Balaban J connectivity index is 1.95. The average molecular weight is 250 g/mol. The molecule has 0 unspecified atom stereocenters. The molecule has 0 radical (unpaired) electrons. The normalized spacial score (nSPS) is 16.2. The zero-order valence-corrected chi connectivity index (χ0v) is 9.98. The van der Waals surface area contributed by atoms with Crippen LogP contribution in [0.5, 0.6) is 0 Å². The highest BCUT2D eigenvalue weighted by Gasteiger charge is 2.20. The summed E-state index contributed by atoms with van der Waals surface area (Å²) >= 11 is 0. The highest BCUT2D eigenvalue weighted by atomic mass is 16.3. The van der Waals surface area contributed by atoms with Gasteiger partial charge >= 0.3 is 0 Å². The summed E-state index contributed by atoms with van der Waals surface area (Å²) in [5, 5.41) is 6.86. The van der Waals surface area contributed by atoms with Gasteiger partial charge in [-0.15, -0.1) is 4.91 Å². The molecule has 1 amide bonds. The van der Waals surface area contributed by atoms with Crippen LogP contribution >= 0.6 is 0 Å². The van der Waals surface area contributed by atoms with E-state index >= 15 is 0 Å². The molecule has 0 saturated heterocycles. The van der Waals surface area contributed by atoms with Crippen molar-refractivity contribution < 1.29 is 8.91 Å². The molecule has 0 aromatic heterocycles. The number of anilines is 1. The summed E-state index contributed by atoms with van der Waals surface area (Å²) in [5.74, 6) is -0.0368. The van der Waals surface area contributed by atoms with E-state index in [1.807, 2.05) is 18.2 Å². The van der Waals surface area contributed by atoms with Gasteiger partial charge in [0.05, 0.1) is 11.7 Å². The van der Waals surface area contributed by atoms with Gasteiger partial charge in [0.25, 0.3) is 0 Å². The Morgan fingerprint density at radius 2 is 2.39 bits per heavy atom. The van der Waals surface area contributed by atoms with Crippen LogP contribution in [0.4, 0.5) is 5.69 Å². The first kappa shape index (κ1) is 9.08. The standard InChI is InChI=1S/C13H17N3O2/c1-2-7-16(15-18)8-6-10-4-3-5-12-11(10)9-13(17)14-12/h3-5H,2,6-9H2,1H3,(H,14,17)/i1D3. The topological polar surface area (TPSA) is 61.8 Å². The van der Waals surface area contributed by atoms with Crippen LogP contribution in [0.3, 0.4) is 0 Å². The van der Waals surface area contributed by atoms with E-state index in [-0.39, 0.29) is 18.9 Å². The second-order valence-corrected chi connectivity index (χ2v) is 4.20. The third-order valence-corrected chi connectivity index (χ3v) is 3.01. The molecule has 96 valence electrons. The lowest BCUT2D eigenvalue weighted by Gasteiger charge is -2.15. The average Bonchev–Trinajstić information content (AvgIpc) is 2.78. The first-order valence-electron chi connectivity index (χ1n) is 7.38. The van der Waals surface area contributed by atoms with E-state index in [0.717, 1.165) is 16.8 Å². The minimum absolute atomic E-state index is 0.0368. The van der Waals surface area contributed by atoms with Crippen molar-refractivity contribution in [2.24, 2.45) is 5.29 Å². The molecule has 0 aliphatic carbocycles. The number of nitrogens with one attached hydrogen (secondary N) is 1. The van der Waals surface area contributed by atoms with Gasteiger partial charge in [0.1, 0.15) is 0 Å². The van der Waals surface area contributed by atoms with Gasteiger partial charge in [-0.3, -0.25) is 9.80 Å². The molecule has 0 saturated carbocycles. The first-order chi connectivity index (χ1) is 9.89. The fourth-order valence-electron chi connectivity index (χ4n) is 2.12. The monoisotopic (exact) mass is 250 g/mol. The van der Waals surface area contributed by atoms with Gasteiger partial charge in [0.15, 0.2) is 0 Å². The Kier molecular flexibility index (Phi) is 2.83. The molecule has 0 spiro atoms. The second kappa shape index (κ2) is 5.62. The number of carbonyl (C=O) groups excluding carboxylic acids is 1. The summed E-state index contributed by atoms with van der Waals surface area (Å²) in [6.45, 7) is -1.62. The van der Waals surface area contributed by atoms with Crippen molar-refractivity contribution in [2.75, 3.05) is 18.4 Å². The zero-order valence-electron chi connectivity index (χ0n) is 13.0. The molecule has 5 heteroatoms. The molecular formula is C13H17N3O2. The molecule has 18 heavy (non-hydrogen) atoms. The number of fused-ring (bicyclic) bond motifs is 1. The molecule has 1 heterocycles. The molecule has 1 N–H and O–H groups in total. The number of carbonyl (C=O) groups is 1. The van der Waals surface area contributed by atoms with Crippen molar-refractivity contribution in [3.8, 4) is 0 Å². The van der Waals surface area contributed by atoms with Crippen molar-refractivity contribution >= 4 is 11.6 Å². The lowest BCUT2D eigenvalue weighted by atomic mass is 10.0. The molecule has 0 atom stereocenters. The Morgan fingerprint density at radius 1 is 1.50 bits per heavy atom. The number of hydrogen-bond donors (Lipinski definition) is 1. The molecular weight excluding hydrogens is 230 g/mol. The van der Waals surface area contributed by atoms with Crippen LogP contribution in [0.2, 0.25) is 0 Å². The van der Waals surface area contributed by atoms with Crippen LogP contribution in [-0.4, -0.2) is 24.0 Å². The first-order valence-corrected chi connectivity index (χ1v) is 5.88. The Bertz CT molecular complexity index is 546. The van der Waals surface area contributed by atoms with E-state index in [1.54, 1.807) is 0 Å². The van der Waals surface area contributed by atoms with Gasteiger partial charge in [0, 0.05) is 22.9 Å². The molecule has 1 aliphatic rings. The van der Waals surface area contributed by atoms with E-state index in [9.17, 15) is 9.70 Å². The van der Waals surface area contributed by atoms with Gasteiger partial charge in [-0.1, -0.05) is 19.0 Å². The molecule has 0 fully saturated rings. The smallest absolute Gasteiger partial charge is 0.228 e. The van der Waals surface area contributed by atoms with Crippen LogP contribution < -0.4 is 5.32 Å². The van der Waals surface area contributed by atoms with Crippen molar-refractivity contribution in [3.63, 3.8) is 0 Å². The van der Waals surface area contributed by atoms with Crippen molar-refractivity contribution in [3.05, 3.63) is 34.2 Å². The maximum absolute atomic E-state index is 11.4. The predicted octanol–water partition coefficient (Wildman–Crippen LogP) is 2.12. The third-order valence-electron chi connectivity index (χ3n) is 3.01. The minimum Gasteiger partial charge on any atom is -0.326 e. The van der Waals surface area contributed by atoms with E-state index in [4.69, 9.17) is 4.11 Å². The van der Waals surface area contributed by atoms with E-state index < -0.39 is 6.85 Å². The van der Waals surface area contributed by atoms with Crippen molar-refractivity contribution in [1.29, 1.82) is 0 Å². The van der Waals surface area contributed by atoms with Crippen LogP contribution in [0.25, 0.3) is 0 Å². The van der Waals surface area contributed by atoms with Crippen molar-refractivity contribution in [1.82, 2.24) is 5.01 Å². The fraction of sp³-hybridized carbons (Fsp3) is 0.462. The van der Waals surface area contributed by atoms with E-state index in [1.165, 1.54) is 5.01 Å². The Hall–Kier alpha value is -1.91. The number of rotatable bonds is 6. The molecule has 0 bridgehead atoms.